The van der Waals surface area contributed by atoms with Gasteiger partial charge in [0, 0.05) is 44.4 Å². The number of para-hydroxylation sites is 1. The summed E-state index contributed by atoms with van der Waals surface area (Å²) in [5.41, 5.74) is 6.21. The van der Waals surface area contributed by atoms with Crippen molar-refractivity contribution in [2.45, 2.75) is 25.6 Å². The van der Waals surface area contributed by atoms with E-state index in [2.05, 4.69) is 9.80 Å². The summed E-state index contributed by atoms with van der Waals surface area (Å²) in [6, 6.07) is 11.8. The fraction of sp³-hybridized carbons (Fsp3) is 0.450. The fourth-order valence-electron chi connectivity index (χ4n) is 3.50. The summed E-state index contributed by atoms with van der Waals surface area (Å²) in [7, 11) is 0. The van der Waals surface area contributed by atoms with Crippen molar-refractivity contribution in [2.75, 3.05) is 32.8 Å². The second-order valence-electron chi connectivity index (χ2n) is 6.81. The van der Waals surface area contributed by atoms with E-state index in [0.29, 0.717) is 5.75 Å². The first-order chi connectivity index (χ1) is 13.2. The largest absolute Gasteiger partial charge is 0.483 e. The van der Waals surface area contributed by atoms with Gasteiger partial charge in [0.1, 0.15) is 11.5 Å². The quantitative estimate of drug-likeness (QED) is 0.687. The number of aliphatic hydroxyl groups is 1. The zero-order chi connectivity index (χ0) is 19.1. The van der Waals surface area contributed by atoms with Crippen LogP contribution in [0.25, 0.3) is 0 Å². The second kappa shape index (κ2) is 9.55. The van der Waals surface area contributed by atoms with Crippen molar-refractivity contribution < 1.29 is 19.1 Å². The zero-order valence-corrected chi connectivity index (χ0v) is 15.4. The van der Waals surface area contributed by atoms with Gasteiger partial charge in [-0.05, 0) is 24.6 Å². The third kappa shape index (κ3) is 5.56. The molecular formula is C20H27N3O4. The van der Waals surface area contributed by atoms with E-state index in [1.807, 2.05) is 36.4 Å². The van der Waals surface area contributed by atoms with Gasteiger partial charge in [-0.3, -0.25) is 14.6 Å². The van der Waals surface area contributed by atoms with Crippen molar-refractivity contribution in [3.8, 4) is 5.75 Å². The lowest BCUT2D eigenvalue weighted by Crippen LogP contribution is -2.52. The number of primary amides is 1. The van der Waals surface area contributed by atoms with Crippen LogP contribution in [0.15, 0.2) is 47.1 Å². The third-order valence-corrected chi connectivity index (χ3v) is 4.83. The average molecular weight is 373 g/mol. The molecule has 1 fully saturated rings. The maximum absolute atomic E-state index is 11.0. The number of nitrogens with zero attached hydrogens (tertiary/aromatic N) is 2. The summed E-state index contributed by atoms with van der Waals surface area (Å²) in [5, 5.41) is 9.47. The number of rotatable bonds is 9. The molecular weight excluding hydrogens is 346 g/mol. The Bertz CT molecular complexity index is 720. The monoisotopic (exact) mass is 373 g/mol. The van der Waals surface area contributed by atoms with Gasteiger partial charge in [-0.2, -0.15) is 0 Å². The van der Waals surface area contributed by atoms with Crippen LogP contribution in [0.4, 0.5) is 0 Å². The van der Waals surface area contributed by atoms with Gasteiger partial charge < -0.3 is 20.0 Å². The normalized spacial score (nSPS) is 18.5. The zero-order valence-electron chi connectivity index (χ0n) is 15.4. The summed E-state index contributed by atoms with van der Waals surface area (Å²) < 4.78 is 11.0. The molecule has 0 bridgehead atoms. The number of furan rings is 1. The van der Waals surface area contributed by atoms with Crippen LogP contribution in [-0.4, -0.2) is 59.7 Å². The minimum Gasteiger partial charge on any atom is -0.483 e. The maximum Gasteiger partial charge on any atom is 0.255 e. The molecule has 3 N–H and O–H groups in total. The molecule has 1 aromatic heterocycles. The Hall–Kier alpha value is -2.35. The average Bonchev–Trinajstić information content (AvgIpc) is 3.16. The highest BCUT2D eigenvalue weighted by Gasteiger charge is 2.27. The van der Waals surface area contributed by atoms with Gasteiger partial charge in [0.15, 0.2) is 6.61 Å². The molecule has 1 aromatic carbocycles. The molecule has 1 atom stereocenters. The number of benzene rings is 1. The van der Waals surface area contributed by atoms with Crippen molar-refractivity contribution in [1.82, 2.24) is 9.80 Å². The van der Waals surface area contributed by atoms with Crippen LogP contribution >= 0.6 is 0 Å². The van der Waals surface area contributed by atoms with Crippen LogP contribution < -0.4 is 10.5 Å². The predicted octanol–water partition coefficient (Wildman–Crippen LogP) is 1.21. The highest BCUT2D eigenvalue weighted by molar-refractivity contribution is 5.75. The molecule has 0 unspecified atom stereocenters. The second-order valence-corrected chi connectivity index (χ2v) is 6.81. The molecule has 2 aromatic rings. The van der Waals surface area contributed by atoms with Crippen LogP contribution in [0.5, 0.6) is 5.75 Å². The summed E-state index contributed by atoms with van der Waals surface area (Å²) in [5.74, 6) is 1.14. The minimum atomic E-state index is -0.487. The number of carbonyl (C=O) groups is 1. The van der Waals surface area contributed by atoms with E-state index < -0.39 is 5.91 Å². The standard InChI is InChI=1S/C20H27N3O4/c21-20(25)15-27-19-6-2-1-4-16(19)12-22-8-9-23(17(13-22)7-10-24)14-18-5-3-11-26-18/h1-6,11,17,24H,7-10,12-15H2,(H2,21,25)/t17-/m1/s1. The van der Waals surface area contributed by atoms with E-state index in [9.17, 15) is 9.90 Å². The number of hydrogen-bond acceptors (Lipinski definition) is 6. The molecule has 2 heterocycles. The minimum absolute atomic E-state index is 0.124. The fourth-order valence-corrected chi connectivity index (χ4v) is 3.50. The molecule has 1 saturated heterocycles. The summed E-state index contributed by atoms with van der Waals surface area (Å²) in [6.45, 7) is 4.18. The third-order valence-electron chi connectivity index (χ3n) is 4.83. The van der Waals surface area contributed by atoms with Crippen LogP contribution in [0.1, 0.15) is 17.7 Å². The number of hydrogen-bond donors (Lipinski definition) is 2. The van der Waals surface area contributed by atoms with Gasteiger partial charge in [0.25, 0.3) is 5.91 Å². The van der Waals surface area contributed by atoms with Crippen LogP contribution in [-0.2, 0) is 17.9 Å². The first-order valence-electron chi connectivity index (χ1n) is 9.24. The van der Waals surface area contributed by atoms with Crippen LogP contribution in [0.2, 0.25) is 0 Å². The lowest BCUT2D eigenvalue weighted by atomic mass is 10.1. The molecule has 7 nitrogen and oxygen atoms in total. The number of nitrogens with two attached hydrogens (primary N) is 1. The topological polar surface area (TPSA) is 92.2 Å². The summed E-state index contributed by atoms with van der Waals surface area (Å²) in [6.07, 6.45) is 2.41. The van der Waals surface area contributed by atoms with Gasteiger partial charge in [-0.25, -0.2) is 0 Å². The number of ether oxygens (including phenoxy) is 1. The Kier molecular flexibility index (Phi) is 6.86. The van der Waals surface area contributed by atoms with E-state index in [0.717, 1.165) is 50.5 Å². The van der Waals surface area contributed by atoms with Crippen molar-refractivity contribution >= 4 is 5.91 Å². The molecule has 7 heteroatoms. The number of aliphatic hydroxyl groups excluding tert-OH is 1. The lowest BCUT2D eigenvalue weighted by Gasteiger charge is -2.41. The van der Waals surface area contributed by atoms with Crippen LogP contribution in [0.3, 0.4) is 0 Å². The molecule has 1 amide bonds. The van der Waals surface area contributed by atoms with Gasteiger partial charge in [-0.1, -0.05) is 18.2 Å². The van der Waals surface area contributed by atoms with Gasteiger partial charge in [0.2, 0.25) is 0 Å². The molecule has 0 saturated carbocycles. The van der Waals surface area contributed by atoms with E-state index in [1.54, 1.807) is 6.26 Å². The summed E-state index contributed by atoms with van der Waals surface area (Å²) >= 11 is 0. The van der Waals surface area contributed by atoms with Crippen molar-refractivity contribution in [3.05, 3.63) is 54.0 Å². The Balaban J connectivity index is 1.62. The highest BCUT2D eigenvalue weighted by Crippen LogP contribution is 2.23. The Morgan fingerprint density at radius 2 is 2.07 bits per heavy atom. The Morgan fingerprint density at radius 1 is 1.22 bits per heavy atom. The van der Waals surface area contributed by atoms with E-state index in [-0.39, 0.29) is 19.3 Å². The molecule has 0 spiro atoms. The number of carbonyl (C=O) groups excluding carboxylic acids is 1. The van der Waals surface area contributed by atoms with E-state index >= 15 is 0 Å². The first-order valence-corrected chi connectivity index (χ1v) is 9.24. The highest BCUT2D eigenvalue weighted by atomic mass is 16.5. The van der Waals surface area contributed by atoms with Crippen LogP contribution in [0, 0.1) is 0 Å². The molecule has 1 aliphatic heterocycles. The molecule has 0 aliphatic carbocycles. The Morgan fingerprint density at radius 3 is 2.81 bits per heavy atom. The smallest absolute Gasteiger partial charge is 0.255 e. The predicted molar refractivity (Wildman–Crippen MR) is 101 cm³/mol. The molecule has 146 valence electrons. The Labute approximate surface area is 159 Å². The van der Waals surface area contributed by atoms with Gasteiger partial charge in [0.05, 0.1) is 12.8 Å². The van der Waals surface area contributed by atoms with Gasteiger partial charge in [-0.15, -0.1) is 0 Å². The molecule has 1 aliphatic rings. The number of piperazine rings is 1. The van der Waals surface area contributed by atoms with Crippen molar-refractivity contribution in [2.24, 2.45) is 5.73 Å². The van der Waals surface area contributed by atoms with E-state index in [1.165, 1.54) is 0 Å². The van der Waals surface area contributed by atoms with E-state index in [4.69, 9.17) is 14.9 Å². The first kappa shape index (κ1) is 19.4. The van der Waals surface area contributed by atoms with Crippen molar-refractivity contribution in [3.63, 3.8) is 0 Å². The number of amides is 1. The molecule has 0 radical (unpaired) electrons. The molecule has 27 heavy (non-hydrogen) atoms. The van der Waals surface area contributed by atoms with Gasteiger partial charge >= 0.3 is 0 Å². The SMILES string of the molecule is NC(=O)COc1ccccc1CN1CCN(Cc2ccco2)[C@H](CCO)C1. The lowest BCUT2D eigenvalue weighted by molar-refractivity contribution is -0.119. The maximum atomic E-state index is 11.0. The van der Waals surface area contributed by atoms with Crippen molar-refractivity contribution in [1.29, 1.82) is 0 Å². The summed E-state index contributed by atoms with van der Waals surface area (Å²) in [4.78, 5) is 15.7. The molecule has 3 rings (SSSR count).